The maximum Gasteiger partial charge on any atom is 0.306 e. The topological polar surface area (TPSA) is 94.1 Å². The number of hydrogen-bond donors (Lipinski definition) is 0. The molecule has 318 valence electrons. The van der Waals surface area contributed by atoms with Crippen LogP contribution in [0.2, 0.25) is 0 Å². The minimum absolute atomic E-state index is 0.0237. The molecule has 0 amide bonds. The average Bonchev–Trinajstić information content (AvgIpc) is 3.12. The van der Waals surface area contributed by atoms with Gasteiger partial charge in [-0.1, -0.05) is 153 Å². The Balaban J connectivity index is 4.12. The summed E-state index contributed by atoms with van der Waals surface area (Å²) in [6.07, 6.45) is 44.5. The van der Waals surface area contributed by atoms with Gasteiger partial charge in [-0.3, -0.25) is 9.36 Å². The molecule has 0 aromatic heterocycles. The summed E-state index contributed by atoms with van der Waals surface area (Å²) in [7, 11) is 1.35. The normalized spacial score (nSPS) is 14.1. The van der Waals surface area contributed by atoms with Gasteiger partial charge in [0, 0.05) is 13.0 Å². The summed E-state index contributed by atoms with van der Waals surface area (Å²) in [6, 6.07) is 0. The second-order valence-corrected chi connectivity index (χ2v) is 17.5. The number of carbonyl (C=O) groups excluding carboxylic acids is 1. The highest BCUT2D eigenvalue weighted by Gasteiger charge is 2.20. The molecule has 0 saturated carbocycles. The summed E-state index contributed by atoms with van der Waals surface area (Å²) in [5.41, 5.74) is 0. The second kappa shape index (κ2) is 38.6. The number of phosphoric acid groups is 1. The Morgan fingerprint density at radius 3 is 1.59 bits per heavy atom. The van der Waals surface area contributed by atoms with Crippen molar-refractivity contribution in [3.8, 4) is 0 Å². The molecule has 0 spiro atoms. The SMILES string of the molecule is CCC/C=C\CCCCCCCC(=O)OC(COCCCCCCCCCCCC/C=C\C/C=C\CCCCCCC)COP(=O)([O-])OCC[N+](C)(C)C. The zero-order valence-corrected chi connectivity index (χ0v) is 36.8. The van der Waals surface area contributed by atoms with E-state index in [4.69, 9.17) is 18.5 Å². The third-order valence-electron chi connectivity index (χ3n) is 9.39. The van der Waals surface area contributed by atoms with E-state index in [-0.39, 0.29) is 25.8 Å². The summed E-state index contributed by atoms with van der Waals surface area (Å²) >= 11 is 0. The molecule has 54 heavy (non-hydrogen) atoms. The number of hydrogen-bond acceptors (Lipinski definition) is 7. The van der Waals surface area contributed by atoms with Gasteiger partial charge in [0.05, 0.1) is 34.4 Å². The predicted octanol–water partition coefficient (Wildman–Crippen LogP) is 12.4. The largest absolute Gasteiger partial charge is 0.756 e. The fraction of sp³-hybridized carbons (Fsp3) is 0.844. The lowest BCUT2D eigenvalue weighted by Crippen LogP contribution is -2.37. The van der Waals surface area contributed by atoms with E-state index in [9.17, 15) is 14.3 Å². The van der Waals surface area contributed by atoms with Crippen LogP contribution in [0.25, 0.3) is 0 Å². The van der Waals surface area contributed by atoms with Crippen LogP contribution in [0.5, 0.6) is 0 Å². The molecule has 0 fully saturated rings. The number of allylic oxidation sites excluding steroid dienone is 6. The van der Waals surface area contributed by atoms with E-state index in [0.717, 1.165) is 57.8 Å². The summed E-state index contributed by atoms with van der Waals surface area (Å²) in [6.45, 7) is 5.32. The fourth-order valence-corrected chi connectivity index (χ4v) is 6.66. The maximum absolute atomic E-state index is 12.6. The molecule has 0 bridgehead atoms. The maximum atomic E-state index is 12.6. The van der Waals surface area contributed by atoms with Gasteiger partial charge in [0.15, 0.2) is 0 Å². The van der Waals surface area contributed by atoms with E-state index in [0.29, 0.717) is 24.1 Å². The first-order chi connectivity index (χ1) is 26.1. The van der Waals surface area contributed by atoms with Gasteiger partial charge < -0.3 is 27.9 Å². The van der Waals surface area contributed by atoms with Crippen LogP contribution in [0.1, 0.15) is 187 Å². The average molecular weight is 784 g/mol. The standard InChI is InChI=1S/C45H86NO7P/c1-6-8-10-12-14-16-18-19-20-21-22-23-24-25-26-27-28-29-31-33-35-37-40-50-42-44(43-52-54(48,49)51-41-39-46(3,4)5)53-45(47)38-36-34-32-30-17-15-13-11-9-7-2/h11,13,18-19,21-22,44H,6-10,12,14-17,20,23-43H2,1-5H3/b13-11-,19-18-,22-21-. The Hall–Kier alpha value is -1.28. The van der Waals surface area contributed by atoms with Crippen molar-refractivity contribution in [2.24, 2.45) is 0 Å². The van der Waals surface area contributed by atoms with Crippen LogP contribution in [0.4, 0.5) is 0 Å². The number of rotatable bonds is 41. The van der Waals surface area contributed by atoms with Gasteiger partial charge in [0.25, 0.3) is 7.82 Å². The number of quaternary nitrogens is 1. The van der Waals surface area contributed by atoms with Gasteiger partial charge in [-0.2, -0.15) is 0 Å². The molecule has 8 nitrogen and oxygen atoms in total. The van der Waals surface area contributed by atoms with Crippen LogP contribution in [-0.4, -0.2) is 70.7 Å². The first-order valence-electron chi connectivity index (χ1n) is 22.2. The highest BCUT2D eigenvalue weighted by Crippen LogP contribution is 2.38. The lowest BCUT2D eigenvalue weighted by molar-refractivity contribution is -0.870. The Bertz CT molecular complexity index is 962. The van der Waals surface area contributed by atoms with Crippen LogP contribution < -0.4 is 4.89 Å². The number of likely N-dealkylation sites (N-methyl/N-ethyl adjacent to an activating group) is 1. The highest BCUT2D eigenvalue weighted by molar-refractivity contribution is 7.45. The fourth-order valence-electron chi connectivity index (χ4n) is 5.93. The number of carbonyl (C=O) groups is 1. The van der Waals surface area contributed by atoms with Crippen LogP contribution in [-0.2, 0) is 27.9 Å². The van der Waals surface area contributed by atoms with E-state index in [1.165, 1.54) is 109 Å². The molecular formula is C45H86NO7P. The van der Waals surface area contributed by atoms with E-state index < -0.39 is 13.9 Å². The molecule has 0 rings (SSSR count). The Morgan fingerprint density at radius 2 is 1.06 bits per heavy atom. The minimum Gasteiger partial charge on any atom is -0.756 e. The minimum atomic E-state index is -4.52. The lowest BCUT2D eigenvalue weighted by Gasteiger charge is -2.28. The molecular weight excluding hydrogens is 697 g/mol. The van der Waals surface area contributed by atoms with E-state index in [1.54, 1.807) is 0 Å². The zero-order valence-electron chi connectivity index (χ0n) is 35.9. The molecule has 0 aliphatic carbocycles. The molecule has 9 heteroatoms. The second-order valence-electron chi connectivity index (χ2n) is 16.0. The molecule has 0 N–H and O–H groups in total. The van der Waals surface area contributed by atoms with Gasteiger partial charge in [-0.25, -0.2) is 0 Å². The van der Waals surface area contributed by atoms with Crippen molar-refractivity contribution in [2.75, 3.05) is 54.1 Å². The molecule has 0 aliphatic heterocycles. The number of phosphoric ester groups is 1. The highest BCUT2D eigenvalue weighted by atomic mass is 31.2. The number of esters is 1. The first kappa shape index (κ1) is 52.7. The molecule has 0 radical (unpaired) electrons. The van der Waals surface area contributed by atoms with E-state index >= 15 is 0 Å². The Morgan fingerprint density at radius 1 is 0.574 bits per heavy atom. The lowest BCUT2D eigenvalue weighted by atomic mass is 10.1. The quantitative estimate of drug-likeness (QED) is 0.0200. The van der Waals surface area contributed by atoms with Crippen molar-refractivity contribution in [1.82, 2.24) is 0 Å². The van der Waals surface area contributed by atoms with Gasteiger partial charge >= 0.3 is 5.97 Å². The number of nitrogens with zero attached hydrogens (tertiary/aromatic N) is 1. The van der Waals surface area contributed by atoms with Gasteiger partial charge in [-0.05, 0) is 64.2 Å². The van der Waals surface area contributed by atoms with Crippen LogP contribution in [0.3, 0.4) is 0 Å². The predicted molar refractivity (Wildman–Crippen MR) is 227 cm³/mol. The van der Waals surface area contributed by atoms with Gasteiger partial charge in [0.1, 0.15) is 19.3 Å². The van der Waals surface area contributed by atoms with Crippen molar-refractivity contribution < 1.29 is 37.3 Å². The summed E-state index contributed by atoms with van der Waals surface area (Å²) in [5, 5.41) is 0. The summed E-state index contributed by atoms with van der Waals surface area (Å²) < 4.78 is 34.5. The van der Waals surface area contributed by atoms with Crippen LogP contribution >= 0.6 is 7.82 Å². The molecule has 0 heterocycles. The van der Waals surface area contributed by atoms with E-state index in [1.807, 2.05) is 21.1 Å². The zero-order chi connectivity index (χ0) is 39.9. The smallest absolute Gasteiger partial charge is 0.306 e. The van der Waals surface area contributed by atoms with Crippen LogP contribution in [0, 0.1) is 0 Å². The molecule has 0 aromatic rings. The van der Waals surface area contributed by atoms with Crippen molar-refractivity contribution in [3.05, 3.63) is 36.5 Å². The summed E-state index contributed by atoms with van der Waals surface area (Å²) in [4.78, 5) is 25.0. The van der Waals surface area contributed by atoms with Gasteiger partial charge in [-0.15, -0.1) is 0 Å². The van der Waals surface area contributed by atoms with Crippen molar-refractivity contribution in [1.29, 1.82) is 0 Å². The molecule has 2 atom stereocenters. The van der Waals surface area contributed by atoms with Crippen molar-refractivity contribution in [2.45, 2.75) is 193 Å². The molecule has 0 aliphatic rings. The molecule has 0 aromatic carbocycles. The monoisotopic (exact) mass is 784 g/mol. The third-order valence-corrected chi connectivity index (χ3v) is 10.4. The molecule has 0 saturated heterocycles. The summed E-state index contributed by atoms with van der Waals surface area (Å²) in [5.74, 6) is -0.347. The Labute approximate surface area is 334 Å². The van der Waals surface area contributed by atoms with Crippen molar-refractivity contribution >= 4 is 13.8 Å². The number of unbranched alkanes of at least 4 members (excludes halogenated alkanes) is 21. The first-order valence-corrected chi connectivity index (χ1v) is 23.7. The van der Waals surface area contributed by atoms with E-state index in [2.05, 4.69) is 50.3 Å². The van der Waals surface area contributed by atoms with Crippen LogP contribution in [0.15, 0.2) is 36.5 Å². The third kappa shape index (κ3) is 41.9. The number of ether oxygens (including phenoxy) is 2. The van der Waals surface area contributed by atoms with Gasteiger partial charge in [0.2, 0.25) is 0 Å². The molecule has 2 unspecified atom stereocenters. The van der Waals surface area contributed by atoms with Crippen molar-refractivity contribution in [3.63, 3.8) is 0 Å². The Kier molecular flexibility index (Phi) is 37.7.